The fourth-order valence-corrected chi connectivity index (χ4v) is 1.29. The summed E-state index contributed by atoms with van der Waals surface area (Å²) in [5.74, 6) is 0.0318. The highest BCUT2D eigenvalue weighted by Gasteiger charge is 2.29. The van der Waals surface area contributed by atoms with Crippen LogP contribution in [0.15, 0.2) is 0 Å². The molecule has 6 heteroatoms. The molecule has 2 N–H and O–H groups in total. The largest absolute Gasteiger partial charge is 0.391 e. The quantitative estimate of drug-likeness (QED) is 0.606. The Labute approximate surface area is 93.0 Å². The average Bonchev–Trinajstić information content (AvgIpc) is 3.04. The number of halogens is 2. The number of hydrogen-bond donors (Lipinski definition) is 2. The van der Waals surface area contributed by atoms with Crippen molar-refractivity contribution in [2.75, 3.05) is 19.8 Å². The van der Waals surface area contributed by atoms with Crippen molar-refractivity contribution in [3.63, 3.8) is 0 Å². The molecule has 0 radical (unpaired) electrons. The second-order valence-corrected chi connectivity index (χ2v) is 3.92. The van der Waals surface area contributed by atoms with E-state index < -0.39 is 19.1 Å². The standard InChI is InChI=1S/C10H17F2NO3/c11-9(12)6-16-4-3-10(15)13-5-8(14)7-1-2-7/h7-9,14H,1-6H2,(H,13,15). The van der Waals surface area contributed by atoms with E-state index in [1.54, 1.807) is 0 Å². The molecule has 0 heterocycles. The van der Waals surface area contributed by atoms with Crippen LogP contribution in [0.1, 0.15) is 19.3 Å². The van der Waals surface area contributed by atoms with Gasteiger partial charge in [-0.15, -0.1) is 0 Å². The van der Waals surface area contributed by atoms with E-state index in [0.29, 0.717) is 5.92 Å². The Morgan fingerprint density at radius 2 is 2.19 bits per heavy atom. The maximum Gasteiger partial charge on any atom is 0.261 e. The number of carbonyl (C=O) groups excluding carboxylic acids is 1. The van der Waals surface area contributed by atoms with Crippen molar-refractivity contribution in [2.24, 2.45) is 5.92 Å². The third-order valence-corrected chi connectivity index (χ3v) is 2.39. The van der Waals surface area contributed by atoms with Gasteiger partial charge in [0.2, 0.25) is 5.91 Å². The summed E-state index contributed by atoms with van der Waals surface area (Å²) in [4.78, 5) is 11.1. The lowest BCUT2D eigenvalue weighted by atomic mass is 10.2. The van der Waals surface area contributed by atoms with Gasteiger partial charge in [-0.2, -0.15) is 0 Å². The van der Waals surface area contributed by atoms with Crippen molar-refractivity contribution in [3.05, 3.63) is 0 Å². The zero-order valence-corrected chi connectivity index (χ0v) is 8.99. The van der Waals surface area contributed by atoms with Gasteiger partial charge in [-0.25, -0.2) is 8.78 Å². The summed E-state index contributed by atoms with van der Waals surface area (Å²) < 4.78 is 27.9. The van der Waals surface area contributed by atoms with Crippen molar-refractivity contribution in [1.82, 2.24) is 5.32 Å². The van der Waals surface area contributed by atoms with Crippen LogP contribution in [0, 0.1) is 5.92 Å². The third kappa shape index (κ3) is 5.97. The monoisotopic (exact) mass is 237 g/mol. The Kier molecular flexibility index (Phi) is 5.62. The first-order chi connectivity index (χ1) is 7.59. The average molecular weight is 237 g/mol. The Balaban J connectivity index is 1.93. The molecule has 16 heavy (non-hydrogen) atoms. The molecule has 0 bridgehead atoms. The molecule has 0 spiro atoms. The Morgan fingerprint density at radius 1 is 1.50 bits per heavy atom. The van der Waals surface area contributed by atoms with Crippen molar-refractivity contribution < 1.29 is 23.4 Å². The van der Waals surface area contributed by atoms with E-state index in [1.807, 2.05) is 0 Å². The van der Waals surface area contributed by atoms with Crippen molar-refractivity contribution in [1.29, 1.82) is 0 Å². The molecule has 1 aliphatic rings. The summed E-state index contributed by atoms with van der Waals surface area (Å²) in [5, 5.41) is 12.0. The minimum Gasteiger partial charge on any atom is -0.391 e. The molecule has 0 saturated heterocycles. The number of nitrogens with one attached hydrogen (secondary N) is 1. The molecular weight excluding hydrogens is 220 g/mol. The fourth-order valence-electron chi connectivity index (χ4n) is 1.29. The van der Waals surface area contributed by atoms with Gasteiger partial charge in [0, 0.05) is 13.0 Å². The molecular formula is C10H17F2NO3. The zero-order chi connectivity index (χ0) is 12.0. The molecule has 0 aliphatic heterocycles. The molecule has 0 aromatic carbocycles. The highest BCUT2D eigenvalue weighted by atomic mass is 19.3. The molecule has 1 amide bonds. The van der Waals surface area contributed by atoms with Gasteiger partial charge in [0.25, 0.3) is 6.43 Å². The van der Waals surface area contributed by atoms with Crippen LogP contribution in [0.2, 0.25) is 0 Å². The zero-order valence-electron chi connectivity index (χ0n) is 8.99. The van der Waals surface area contributed by atoms with Gasteiger partial charge in [-0.3, -0.25) is 4.79 Å². The maximum atomic E-state index is 11.7. The fraction of sp³-hybridized carbons (Fsp3) is 0.900. The van der Waals surface area contributed by atoms with Crippen molar-refractivity contribution in [3.8, 4) is 0 Å². The molecule has 4 nitrogen and oxygen atoms in total. The molecule has 0 aromatic rings. The Bertz CT molecular complexity index is 222. The van der Waals surface area contributed by atoms with Crippen LogP contribution >= 0.6 is 0 Å². The predicted octanol–water partition coefficient (Wildman–Crippen LogP) is 0.545. The number of rotatable bonds is 8. The lowest BCUT2D eigenvalue weighted by Gasteiger charge is -2.10. The molecule has 1 saturated carbocycles. The van der Waals surface area contributed by atoms with Gasteiger partial charge in [-0.1, -0.05) is 0 Å². The molecule has 1 rings (SSSR count). The SMILES string of the molecule is O=C(CCOCC(F)F)NCC(O)C1CC1. The topological polar surface area (TPSA) is 58.6 Å². The first-order valence-electron chi connectivity index (χ1n) is 5.40. The Hall–Kier alpha value is -0.750. The maximum absolute atomic E-state index is 11.7. The van der Waals surface area contributed by atoms with Crippen LogP contribution in [0.4, 0.5) is 8.78 Å². The number of aliphatic hydroxyl groups is 1. The molecule has 1 unspecified atom stereocenters. The molecule has 1 fully saturated rings. The summed E-state index contributed by atoms with van der Waals surface area (Å²) in [6.45, 7) is -0.425. The minimum absolute atomic E-state index is 0.0182. The van der Waals surface area contributed by atoms with Gasteiger partial charge < -0.3 is 15.2 Å². The lowest BCUT2D eigenvalue weighted by Crippen LogP contribution is -2.33. The van der Waals surface area contributed by atoms with Crippen molar-refractivity contribution >= 4 is 5.91 Å². The van der Waals surface area contributed by atoms with Gasteiger partial charge in [-0.05, 0) is 18.8 Å². The third-order valence-electron chi connectivity index (χ3n) is 2.39. The number of aliphatic hydroxyl groups excluding tert-OH is 1. The number of carbonyl (C=O) groups is 1. The molecule has 94 valence electrons. The van der Waals surface area contributed by atoms with Crippen LogP contribution in [0.3, 0.4) is 0 Å². The lowest BCUT2D eigenvalue weighted by molar-refractivity contribution is -0.123. The van der Waals surface area contributed by atoms with E-state index in [4.69, 9.17) is 0 Å². The number of ether oxygens (including phenoxy) is 1. The van der Waals surface area contributed by atoms with Crippen LogP contribution in [0.5, 0.6) is 0 Å². The normalized spacial score (nSPS) is 17.5. The van der Waals surface area contributed by atoms with E-state index in [-0.39, 0.29) is 25.5 Å². The van der Waals surface area contributed by atoms with E-state index in [0.717, 1.165) is 12.8 Å². The van der Waals surface area contributed by atoms with Gasteiger partial charge >= 0.3 is 0 Å². The summed E-state index contributed by atoms with van der Waals surface area (Å²) in [6, 6.07) is 0. The predicted molar refractivity (Wildman–Crippen MR) is 53.2 cm³/mol. The molecule has 1 aliphatic carbocycles. The van der Waals surface area contributed by atoms with Gasteiger partial charge in [0.1, 0.15) is 6.61 Å². The second kappa shape index (κ2) is 6.75. The molecule has 0 aromatic heterocycles. The van der Waals surface area contributed by atoms with Crippen molar-refractivity contribution in [2.45, 2.75) is 31.8 Å². The number of hydrogen-bond acceptors (Lipinski definition) is 3. The summed E-state index contributed by atoms with van der Waals surface area (Å²) in [5.41, 5.74) is 0. The van der Waals surface area contributed by atoms with Gasteiger partial charge in [0.05, 0.1) is 12.7 Å². The van der Waals surface area contributed by atoms with E-state index >= 15 is 0 Å². The second-order valence-electron chi connectivity index (χ2n) is 3.92. The number of alkyl halides is 2. The van der Waals surface area contributed by atoms with Crippen LogP contribution in [-0.2, 0) is 9.53 Å². The molecule has 1 atom stereocenters. The first-order valence-corrected chi connectivity index (χ1v) is 5.40. The highest BCUT2D eigenvalue weighted by molar-refractivity contribution is 5.75. The summed E-state index contributed by atoms with van der Waals surface area (Å²) in [7, 11) is 0. The van der Waals surface area contributed by atoms with E-state index in [9.17, 15) is 18.7 Å². The Morgan fingerprint density at radius 3 is 2.75 bits per heavy atom. The summed E-state index contributed by atoms with van der Waals surface area (Å²) in [6.07, 6.45) is -0.918. The number of amides is 1. The van der Waals surface area contributed by atoms with E-state index in [1.165, 1.54) is 0 Å². The summed E-state index contributed by atoms with van der Waals surface area (Å²) >= 11 is 0. The highest BCUT2D eigenvalue weighted by Crippen LogP contribution is 2.32. The minimum atomic E-state index is -2.50. The van der Waals surface area contributed by atoms with Gasteiger partial charge in [0.15, 0.2) is 0 Å². The first kappa shape index (κ1) is 13.3. The van der Waals surface area contributed by atoms with Crippen LogP contribution in [0.25, 0.3) is 0 Å². The van der Waals surface area contributed by atoms with E-state index in [2.05, 4.69) is 10.1 Å². The van der Waals surface area contributed by atoms with Crippen LogP contribution < -0.4 is 5.32 Å². The smallest absolute Gasteiger partial charge is 0.261 e. The van der Waals surface area contributed by atoms with Crippen LogP contribution in [-0.4, -0.2) is 43.3 Å².